The molecule has 0 atom stereocenters. The molecule has 1 aromatic carbocycles. The zero-order valence-corrected chi connectivity index (χ0v) is 12.4. The minimum absolute atomic E-state index is 0.132. The van der Waals surface area contributed by atoms with Crippen molar-refractivity contribution in [3.63, 3.8) is 0 Å². The van der Waals surface area contributed by atoms with E-state index in [0.717, 1.165) is 24.1 Å². The smallest absolute Gasteiger partial charge is 0.229 e. The highest BCUT2D eigenvalue weighted by Crippen LogP contribution is 2.28. The topological polar surface area (TPSA) is 42.0 Å². The molecule has 104 valence electrons. The van der Waals surface area contributed by atoms with Crippen molar-refractivity contribution in [2.24, 2.45) is 5.92 Å². The number of carbonyl (C=O) groups is 1. The Morgan fingerprint density at radius 1 is 1.25 bits per heavy atom. The van der Waals surface area contributed by atoms with Crippen LogP contribution in [0.4, 0.5) is 5.13 Å². The molecule has 1 aliphatic rings. The molecule has 2 aromatic rings. The Morgan fingerprint density at radius 2 is 1.95 bits per heavy atom. The Bertz CT molecular complexity index is 597. The molecule has 0 spiro atoms. The lowest BCUT2D eigenvalue weighted by molar-refractivity contribution is -0.119. The molecule has 1 saturated carbocycles. The summed E-state index contributed by atoms with van der Waals surface area (Å²) < 4.78 is 0. The number of benzene rings is 1. The summed E-state index contributed by atoms with van der Waals surface area (Å²) >= 11 is 1.49. The molecule has 1 N–H and O–H groups in total. The average molecular weight is 286 g/mol. The van der Waals surface area contributed by atoms with Crippen molar-refractivity contribution in [1.29, 1.82) is 0 Å². The van der Waals surface area contributed by atoms with Gasteiger partial charge in [-0.15, -0.1) is 11.3 Å². The number of anilines is 1. The van der Waals surface area contributed by atoms with Gasteiger partial charge in [-0.1, -0.05) is 42.7 Å². The minimum Gasteiger partial charge on any atom is -0.302 e. The van der Waals surface area contributed by atoms with Crippen molar-refractivity contribution in [2.75, 3.05) is 5.32 Å². The molecule has 0 aliphatic heterocycles. The Morgan fingerprint density at radius 3 is 2.65 bits per heavy atom. The van der Waals surface area contributed by atoms with Gasteiger partial charge in [-0.3, -0.25) is 4.79 Å². The minimum atomic E-state index is 0.132. The van der Waals surface area contributed by atoms with Crippen molar-refractivity contribution in [1.82, 2.24) is 4.98 Å². The Labute approximate surface area is 123 Å². The summed E-state index contributed by atoms with van der Waals surface area (Å²) in [5, 5.41) is 5.65. The summed E-state index contributed by atoms with van der Waals surface area (Å²) in [4.78, 5) is 16.6. The summed E-state index contributed by atoms with van der Waals surface area (Å²) in [7, 11) is 0. The summed E-state index contributed by atoms with van der Waals surface area (Å²) in [5.74, 6) is 0.314. The van der Waals surface area contributed by atoms with Crippen LogP contribution in [0.2, 0.25) is 0 Å². The van der Waals surface area contributed by atoms with E-state index in [9.17, 15) is 4.79 Å². The first-order valence-electron chi connectivity index (χ1n) is 7.06. The highest BCUT2D eigenvalue weighted by Gasteiger charge is 2.23. The number of nitrogens with one attached hydrogen (secondary N) is 1. The molecular weight excluding hydrogens is 268 g/mol. The van der Waals surface area contributed by atoms with E-state index < -0.39 is 0 Å². The summed E-state index contributed by atoms with van der Waals surface area (Å²) in [6.45, 7) is 2.07. The molecule has 1 heterocycles. The van der Waals surface area contributed by atoms with Crippen LogP contribution in [0, 0.1) is 12.8 Å². The third-order valence-electron chi connectivity index (χ3n) is 3.81. The Hall–Kier alpha value is -1.68. The number of nitrogens with zero attached hydrogens (tertiary/aromatic N) is 1. The molecule has 1 fully saturated rings. The van der Waals surface area contributed by atoms with Crippen LogP contribution >= 0.6 is 11.3 Å². The normalized spacial score (nSPS) is 15.4. The van der Waals surface area contributed by atoms with Crippen LogP contribution in [0.15, 0.2) is 29.6 Å². The van der Waals surface area contributed by atoms with Crippen molar-refractivity contribution in [3.05, 3.63) is 35.2 Å². The van der Waals surface area contributed by atoms with Crippen LogP contribution in [-0.4, -0.2) is 10.9 Å². The molecule has 20 heavy (non-hydrogen) atoms. The SMILES string of the molecule is Cc1ccc(-c2csc(NC(=O)C3CCCC3)n2)cc1. The maximum atomic E-state index is 12.1. The first kappa shape index (κ1) is 13.3. The molecule has 1 aromatic heterocycles. The second kappa shape index (κ2) is 5.75. The highest BCUT2D eigenvalue weighted by molar-refractivity contribution is 7.14. The van der Waals surface area contributed by atoms with Crippen molar-refractivity contribution in [3.8, 4) is 11.3 Å². The maximum Gasteiger partial charge on any atom is 0.229 e. The maximum absolute atomic E-state index is 12.1. The number of carbonyl (C=O) groups excluding carboxylic acids is 1. The first-order valence-corrected chi connectivity index (χ1v) is 7.94. The largest absolute Gasteiger partial charge is 0.302 e. The van der Waals surface area contributed by atoms with Gasteiger partial charge in [0.2, 0.25) is 5.91 Å². The van der Waals surface area contributed by atoms with E-state index in [1.54, 1.807) is 0 Å². The number of thiazole rings is 1. The zero-order chi connectivity index (χ0) is 13.9. The lowest BCUT2D eigenvalue weighted by Crippen LogP contribution is -2.20. The average Bonchev–Trinajstić information content (AvgIpc) is 3.10. The van der Waals surface area contributed by atoms with Gasteiger partial charge in [0.1, 0.15) is 0 Å². The molecule has 0 radical (unpaired) electrons. The number of amides is 1. The van der Waals surface area contributed by atoms with E-state index in [1.807, 2.05) is 5.38 Å². The third kappa shape index (κ3) is 2.90. The van der Waals surface area contributed by atoms with Crippen LogP contribution < -0.4 is 5.32 Å². The van der Waals surface area contributed by atoms with Gasteiger partial charge >= 0.3 is 0 Å². The number of hydrogen-bond donors (Lipinski definition) is 1. The number of aryl methyl sites for hydroxylation is 1. The van der Waals surface area contributed by atoms with Crippen LogP contribution in [0.5, 0.6) is 0 Å². The van der Waals surface area contributed by atoms with Crippen LogP contribution in [0.3, 0.4) is 0 Å². The van der Waals surface area contributed by atoms with Gasteiger partial charge in [0.15, 0.2) is 5.13 Å². The van der Waals surface area contributed by atoms with Gasteiger partial charge in [0.25, 0.3) is 0 Å². The number of rotatable bonds is 3. The third-order valence-corrected chi connectivity index (χ3v) is 4.57. The fourth-order valence-electron chi connectivity index (χ4n) is 2.58. The van der Waals surface area contributed by atoms with Crippen LogP contribution in [0.1, 0.15) is 31.2 Å². The second-order valence-electron chi connectivity index (χ2n) is 5.37. The second-order valence-corrected chi connectivity index (χ2v) is 6.23. The Kier molecular flexibility index (Phi) is 3.83. The van der Waals surface area contributed by atoms with E-state index in [-0.39, 0.29) is 11.8 Å². The van der Waals surface area contributed by atoms with E-state index in [0.29, 0.717) is 5.13 Å². The van der Waals surface area contributed by atoms with Crippen molar-refractivity contribution in [2.45, 2.75) is 32.6 Å². The summed E-state index contributed by atoms with van der Waals surface area (Å²) in [6.07, 6.45) is 4.37. The van der Waals surface area contributed by atoms with E-state index >= 15 is 0 Å². The lowest BCUT2D eigenvalue weighted by atomic mass is 10.1. The van der Waals surface area contributed by atoms with Crippen LogP contribution in [-0.2, 0) is 4.79 Å². The predicted molar refractivity (Wildman–Crippen MR) is 82.9 cm³/mol. The van der Waals surface area contributed by atoms with Gasteiger partial charge < -0.3 is 5.32 Å². The molecule has 1 amide bonds. The van der Waals surface area contributed by atoms with E-state index in [1.165, 1.54) is 29.7 Å². The van der Waals surface area contributed by atoms with Gasteiger partial charge in [-0.25, -0.2) is 4.98 Å². The molecule has 0 bridgehead atoms. The standard InChI is InChI=1S/C16H18N2OS/c1-11-6-8-12(9-7-11)14-10-20-16(17-14)18-15(19)13-4-2-3-5-13/h6-10,13H,2-5H2,1H3,(H,17,18,19). The lowest BCUT2D eigenvalue weighted by Gasteiger charge is -2.07. The molecule has 4 heteroatoms. The Balaban J connectivity index is 1.70. The fraction of sp³-hybridized carbons (Fsp3) is 0.375. The van der Waals surface area contributed by atoms with Gasteiger partial charge in [-0.2, -0.15) is 0 Å². The van der Waals surface area contributed by atoms with Gasteiger partial charge in [0.05, 0.1) is 5.69 Å². The monoisotopic (exact) mass is 286 g/mol. The summed E-state index contributed by atoms with van der Waals surface area (Å²) in [6, 6.07) is 8.27. The van der Waals surface area contributed by atoms with Crippen molar-refractivity contribution < 1.29 is 4.79 Å². The first-order chi connectivity index (χ1) is 9.72. The number of aromatic nitrogens is 1. The zero-order valence-electron chi connectivity index (χ0n) is 11.6. The molecule has 3 nitrogen and oxygen atoms in total. The van der Waals surface area contributed by atoms with E-state index in [4.69, 9.17) is 0 Å². The quantitative estimate of drug-likeness (QED) is 0.916. The van der Waals surface area contributed by atoms with Gasteiger partial charge in [0, 0.05) is 16.9 Å². The predicted octanol–water partition coefficient (Wildman–Crippen LogP) is 4.25. The van der Waals surface area contributed by atoms with Crippen LogP contribution in [0.25, 0.3) is 11.3 Å². The number of hydrogen-bond acceptors (Lipinski definition) is 3. The van der Waals surface area contributed by atoms with Crippen molar-refractivity contribution >= 4 is 22.4 Å². The molecule has 0 unspecified atom stereocenters. The molecule has 0 saturated heterocycles. The highest BCUT2D eigenvalue weighted by atomic mass is 32.1. The van der Waals surface area contributed by atoms with Gasteiger partial charge in [-0.05, 0) is 19.8 Å². The molecular formula is C16H18N2OS. The fourth-order valence-corrected chi connectivity index (χ4v) is 3.31. The molecule has 1 aliphatic carbocycles. The molecule has 3 rings (SSSR count). The van der Waals surface area contributed by atoms with E-state index in [2.05, 4.69) is 41.5 Å². The summed E-state index contributed by atoms with van der Waals surface area (Å²) in [5.41, 5.74) is 3.25.